The van der Waals surface area contributed by atoms with Gasteiger partial charge in [0.15, 0.2) is 11.6 Å². The second-order valence-corrected chi connectivity index (χ2v) is 7.25. The monoisotopic (exact) mass is 350 g/mol. The summed E-state index contributed by atoms with van der Waals surface area (Å²) >= 11 is 0. The number of hydrogen-bond acceptors (Lipinski definition) is 2. The van der Waals surface area contributed by atoms with Crippen molar-refractivity contribution in [1.29, 1.82) is 0 Å². The fourth-order valence-electron chi connectivity index (χ4n) is 2.42. The van der Waals surface area contributed by atoms with Crippen LogP contribution in [0.3, 0.4) is 0 Å². The van der Waals surface area contributed by atoms with Gasteiger partial charge in [0.25, 0.3) is 0 Å². The quantitative estimate of drug-likeness (QED) is 0.606. The summed E-state index contributed by atoms with van der Waals surface area (Å²) in [5.41, 5.74) is 1.91. The van der Waals surface area contributed by atoms with Crippen LogP contribution in [0.25, 0.3) is 0 Å². The minimum Gasteiger partial charge on any atom is -0.454 e. The zero-order chi connectivity index (χ0) is 17.9. The van der Waals surface area contributed by atoms with Crippen LogP contribution in [-0.4, -0.2) is 9.79 Å². The molecule has 0 bridgehead atoms. The molecule has 6 heteroatoms. The molecule has 0 aliphatic carbocycles. The molecule has 0 atom stereocenters. The molecule has 0 aromatic heterocycles. The highest BCUT2D eigenvalue weighted by molar-refractivity contribution is 7.60. The first-order chi connectivity index (χ1) is 11.2. The third-order valence-corrected chi connectivity index (χ3v) is 4.56. The molecule has 0 heterocycles. The smallest absolute Gasteiger partial charge is 0.356 e. The van der Waals surface area contributed by atoms with Gasteiger partial charge in [-0.05, 0) is 67.6 Å². The minimum absolute atomic E-state index is 0.0764. The molecule has 2 rings (SSSR count). The van der Waals surface area contributed by atoms with Crippen molar-refractivity contribution in [3.05, 3.63) is 65.5 Å². The first kappa shape index (κ1) is 18.4. The van der Waals surface area contributed by atoms with Crippen LogP contribution in [0.2, 0.25) is 0 Å². The summed E-state index contributed by atoms with van der Waals surface area (Å²) in [7, 11) is -4.34. The fourth-order valence-corrected chi connectivity index (χ4v) is 3.14. The topological polar surface area (TPSA) is 66.8 Å². The standard InChI is InChI=1S/C18H20FO4P/c1-4-5-6-14-7-8-17(16(19)11-14)23-18-12(2)9-15(10-13(18)3)24(20,21)22/h4,7-11H,1,5-6H2,2-3H3,(H2,20,21,22). The van der Waals surface area contributed by atoms with E-state index in [-0.39, 0.29) is 11.1 Å². The first-order valence-corrected chi connectivity index (χ1v) is 9.08. The van der Waals surface area contributed by atoms with E-state index >= 15 is 0 Å². The number of ether oxygens (including phenoxy) is 1. The summed E-state index contributed by atoms with van der Waals surface area (Å²) in [5.74, 6) is -0.00755. The summed E-state index contributed by atoms with van der Waals surface area (Å²) in [6.45, 7) is 6.97. The summed E-state index contributed by atoms with van der Waals surface area (Å²) in [5, 5.41) is -0.0786. The van der Waals surface area contributed by atoms with Crippen molar-refractivity contribution >= 4 is 12.9 Å². The average molecular weight is 350 g/mol. The molecule has 0 saturated carbocycles. The van der Waals surface area contributed by atoms with Crippen molar-refractivity contribution in [3.8, 4) is 11.5 Å². The molecule has 0 aliphatic heterocycles. The number of hydrogen-bond donors (Lipinski definition) is 2. The van der Waals surface area contributed by atoms with Crippen LogP contribution in [0.4, 0.5) is 4.39 Å². The molecule has 2 aromatic rings. The third kappa shape index (κ3) is 4.32. The summed E-state index contributed by atoms with van der Waals surface area (Å²) in [6.07, 6.45) is 3.25. The highest BCUT2D eigenvalue weighted by atomic mass is 31.2. The molecule has 24 heavy (non-hydrogen) atoms. The minimum atomic E-state index is -4.34. The lowest BCUT2D eigenvalue weighted by atomic mass is 10.1. The van der Waals surface area contributed by atoms with Gasteiger partial charge in [-0.25, -0.2) is 4.39 Å². The zero-order valence-electron chi connectivity index (χ0n) is 13.6. The van der Waals surface area contributed by atoms with Crippen LogP contribution in [0, 0.1) is 19.7 Å². The Kier molecular flexibility index (Phi) is 5.60. The van der Waals surface area contributed by atoms with Crippen molar-refractivity contribution in [3.63, 3.8) is 0 Å². The highest BCUT2D eigenvalue weighted by Crippen LogP contribution is 2.37. The molecule has 4 nitrogen and oxygen atoms in total. The van der Waals surface area contributed by atoms with Gasteiger partial charge in [-0.2, -0.15) is 0 Å². The highest BCUT2D eigenvalue weighted by Gasteiger charge is 2.20. The molecular weight excluding hydrogens is 330 g/mol. The second-order valence-electron chi connectivity index (χ2n) is 5.65. The van der Waals surface area contributed by atoms with Crippen molar-refractivity contribution in [2.45, 2.75) is 26.7 Å². The predicted molar refractivity (Wildman–Crippen MR) is 92.6 cm³/mol. The van der Waals surface area contributed by atoms with E-state index < -0.39 is 13.4 Å². The van der Waals surface area contributed by atoms with Crippen LogP contribution in [0.15, 0.2) is 43.0 Å². The van der Waals surface area contributed by atoms with E-state index in [9.17, 15) is 18.7 Å². The normalized spacial score (nSPS) is 11.4. The molecule has 0 aliphatic rings. The number of rotatable bonds is 6. The molecule has 0 amide bonds. The Morgan fingerprint density at radius 1 is 1.21 bits per heavy atom. The molecular formula is C18H20FO4P. The van der Waals surface area contributed by atoms with Crippen molar-refractivity contribution < 1.29 is 23.5 Å². The van der Waals surface area contributed by atoms with E-state index in [2.05, 4.69) is 6.58 Å². The van der Waals surface area contributed by atoms with E-state index in [0.29, 0.717) is 23.3 Å². The molecule has 0 spiro atoms. The molecule has 0 unspecified atom stereocenters. The van der Waals surface area contributed by atoms with Crippen molar-refractivity contribution in [1.82, 2.24) is 0 Å². The van der Waals surface area contributed by atoms with Crippen LogP contribution in [-0.2, 0) is 11.0 Å². The maximum Gasteiger partial charge on any atom is 0.356 e. The average Bonchev–Trinajstić information content (AvgIpc) is 2.49. The van der Waals surface area contributed by atoms with Gasteiger partial charge in [-0.1, -0.05) is 12.1 Å². The van der Waals surface area contributed by atoms with E-state index in [1.165, 1.54) is 18.2 Å². The maximum absolute atomic E-state index is 14.2. The van der Waals surface area contributed by atoms with Crippen LogP contribution >= 0.6 is 7.60 Å². The zero-order valence-corrected chi connectivity index (χ0v) is 14.5. The predicted octanol–water partition coefficient (Wildman–Crippen LogP) is 4.16. The first-order valence-electron chi connectivity index (χ1n) is 7.47. The van der Waals surface area contributed by atoms with E-state index in [0.717, 1.165) is 12.0 Å². The Balaban J connectivity index is 2.31. The SMILES string of the molecule is C=CCCc1ccc(Oc2c(C)cc(P(=O)(O)O)cc2C)c(F)c1. The van der Waals surface area contributed by atoms with Gasteiger partial charge in [-0.15, -0.1) is 6.58 Å². The number of halogens is 1. The Bertz CT molecular complexity index is 788. The van der Waals surface area contributed by atoms with E-state index in [1.807, 2.05) is 0 Å². The largest absolute Gasteiger partial charge is 0.454 e. The van der Waals surface area contributed by atoms with Crippen LogP contribution in [0.5, 0.6) is 11.5 Å². The van der Waals surface area contributed by atoms with Gasteiger partial charge in [0.2, 0.25) is 0 Å². The molecule has 128 valence electrons. The van der Waals surface area contributed by atoms with Crippen LogP contribution < -0.4 is 10.0 Å². The van der Waals surface area contributed by atoms with Gasteiger partial charge < -0.3 is 14.5 Å². The molecule has 2 aromatic carbocycles. The van der Waals surface area contributed by atoms with Gasteiger partial charge in [0.1, 0.15) is 5.75 Å². The molecule has 0 saturated heterocycles. The Morgan fingerprint density at radius 3 is 2.33 bits per heavy atom. The van der Waals surface area contributed by atoms with Crippen molar-refractivity contribution in [2.24, 2.45) is 0 Å². The van der Waals surface area contributed by atoms with Crippen LogP contribution in [0.1, 0.15) is 23.1 Å². The number of aryl methyl sites for hydroxylation is 3. The lowest BCUT2D eigenvalue weighted by Crippen LogP contribution is -2.07. The Labute approximate surface area is 140 Å². The summed E-state index contributed by atoms with van der Waals surface area (Å²) in [4.78, 5) is 18.5. The lowest BCUT2D eigenvalue weighted by Gasteiger charge is -2.15. The Morgan fingerprint density at radius 2 is 1.83 bits per heavy atom. The Hall–Kier alpha value is -1.94. The summed E-state index contributed by atoms with van der Waals surface area (Å²) in [6, 6.07) is 7.49. The maximum atomic E-state index is 14.2. The number of benzene rings is 2. The fraction of sp³-hybridized carbons (Fsp3) is 0.222. The van der Waals surface area contributed by atoms with Gasteiger partial charge in [0.05, 0.1) is 5.30 Å². The third-order valence-electron chi connectivity index (χ3n) is 3.63. The molecule has 0 fully saturated rings. The van der Waals surface area contributed by atoms with Crippen molar-refractivity contribution in [2.75, 3.05) is 0 Å². The number of allylic oxidation sites excluding steroid dienone is 1. The van der Waals surface area contributed by atoms with Gasteiger partial charge in [0, 0.05) is 0 Å². The molecule has 2 N–H and O–H groups in total. The lowest BCUT2D eigenvalue weighted by molar-refractivity contribution is 0.387. The van der Waals surface area contributed by atoms with E-state index in [4.69, 9.17) is 4.74 Å². The van der Waals surface area contributed by atoms with E-state index in [1.54, 1.807) is 32.1 Å². The second kappa shape index (κ2) is 7.31. The molecule has 0 radical (unpaired) electrons. The van der Waals surface area contributed by atoms with Gasteiger partial charge in [-0.3, -0.25) is 4.57 Å². The van der Waals surface area contributed by atoms with Gasteiger partial charge >= 0.3 is 7.60 Å². The summed E-state index contributed by atoms with van der Waals surface area (Å²) < 4.78 is 31.2.